The van der Waals surface area contributed by atoms with Gasteiger partial charge in [0.2, 0.25) is 30.9 Å². The van der Waals surface area contributed by atoms with Gasteiger partial charge in [-0.15, -0.1) is 0 Å². The highest BCUT2D eigenvalue weighted by molar-refractivity contribution is 6.74. The van der Waals surface area contributed by atoms with E-state index in [4.69, 9.17) is 5.84 Å². The number of aryl methyl sites for hydroxylation is 1. The number of amides is 5. The number of fused-ring (bicyclic) bond motifs is 1. The number of allylic oxidation sites excluding steroid dienone is 1. The van der Waals surface area contributed by atoms with E-state index < -0.39 is 24.2 Å². The Morgan fingerprint density at radius 2 is 1.66 bits per heavy atom. The van der Waals surface area contributed by atoms with Crippen LogP contribution in [0.2, 0.25) is 5.82 Å². The number of carbonyl (C=O) groups is 5. The Hall–Kier alpha value is -3.91. The third kappa shape index (κ3) is 10.8. The number of rotatable bonds is 13. The summed E-state index contributed by atoms with van der Waals surface area (Å²) in [7, 11) is 3.45. The van der Waals surface area contributed by atoms with Crippen molar-refractivity contribution in [1.82, 2.24) is 36.5 Å². The van der Waals surface area contributed by atoms with Crippen molar-refractivity contribution >= 4 is 36.7 Å². The normalized spacial score (nSPS) is 26.0. The van der Waals surface area contributed by atoms with Crippen molar-refractivity contribution in [3.63, 3.8) is 0 Å². The first-order valence-electron chi connectivity index (χ1n) is 19.7. The second kappa shape index (κ2) is 18.9. The first kappa shape index (κ1) is 40.3. The summed E-state index contributed by atoms with van der Waals surface area (Å²) in [6.07, 6.45) is 12.7. The predicted molar refractivity (Wildman–Crippen MR) is 205 cm³/mol. The summed E-state index contributed by atoms with van der Waals surface area (Å²) in [5, 5.41) is 16.8. The Balaban J connectivity index is 1.27. The van der Waals surface area contributed by atoms with Gasteiger partial charge in [0, 0.05) is 37.4 Å². The van der Waals surface area contributed by atoms with Gasteiger partial charge in [0.1, 0.15) is 12.1 Å². The lowest BCUT2D eigenvalue weighted by Gasteiger charge is -2.35. The van der Waals surface area contributed by atoms with Crippen LogP contribution in [0.3, 0.4) is 0 Å². The van der Waals surface area contributed by atoms with Crippen LogP contribution in [0.5, 0.6) is 0 Å². The molecular formula is C39H60BN8O5. The Bertz CT molecular complexity index is 1490. The maximum atomic E-state index is 14.6. The lowest BCUT2D eigenvalue weighted by atomic mass is 9.57. The molecule has 1 radical (unpaired) electrons. The zero-order valence-corrected chi connectivity index (χ0v) is 32.0. The fourth-order valence-corrected chi connectivity index (χ4v) is 8.71. The fraction of sp³-hybridized carbons (Fsp3) is 0.667. The van der Waals surface area contributed by atoms with Gasteiger partial charge in [-0.3, -0.25) is 24.0 Å². The Morgan fingerprint density at radius 3 is 2.36 bits per heavy atom. The smallest absolute Gasteiger partial charge is 0.246 e. The van der Waals surface area contributed by atoms with Gasteiger partial charge >= 0.3 is 0 Å². The summed E-state index contributed by atoms with van der Waals surface area (Å²) in [5.41, 5.74) is 3.02. The molecule has 0 spiro atoms. The second-order valence-electron chi connectivity index (χ2n) is 15.7. The molecule has 289 valence electrons. The largest absolute Gasteiger partial charge is 0.361 e. The van der Waals surface area contributed by atoms with Crippen LogP contribution in [-0.4, -0.2) is 90.4 Å². The first-order valence-corrected chi connectivity index (χ1v) is 19.7. The summed E-state index contributed by atoms with van der Waals surface area (Å²) in [6, 6.07) is 5.70. The molecule has 1 aliphatic heterocycles. The Morgan fingerprint density at radius 1 is 0.943 bits per heavy atom. The van der Waals surface area contributed by atoms with Crippen molar-refractivity contribution in [2.45, 2.75) is 146 Å². The summed E-state index contributed by atoms with van der Waals surface area (Å²) in [6.45, 7) is 5.20. The van der Waals surface area contributed by atoms with Gasteiger partial charge in [-0.1, -0.05) is 62.2 Å². The standard InChI is InChI=1S/C39H60BN8O5/c1-24(43-26(3)49)22-48(41)31-19-17-29(18-20-31)40-39(53)44-30-21-34(37(51)45-33-16-10-14-27-11-8-9-15-32(27)33)47(23-30)38(52)35(28-12-6-5-7-13-28)46-36(50)25(2)42-4/h8-9,11,15,22,25,28-31,33-35,42H,5-7,10,12-14,16-21,23,41H2,1-4H3,(H,43,49)(H,44,53)(H,45,51)(H,46,50)/b24-22+/t25-,29?,30-,31?,33+,34-,35-/m0/s1. The molecule has 3 fully saturated rings. The van der Waals surface area contributed by atoms with Crippen LogP contribution in [0, 0.1) is 5.92 Å². The molecule has 53 heavy (non-hydrogen) atoms. The van der Waals surface area contributed by atoms with Gasteiger partial charge in [0.15, 0.2) is 5.81 Å². The topological polar surface area (TPSA) is 178 Å². The maximum Gasteiger partial charge on any atom is 0.246 e. The summed E-state index contributed by atoms with van der Waals surface area (Å²) >= 11 is 0. The number of likely N-dealkylation sites (tertiary alicyclic amines) is 1. The molecule has 0 unspecified atom stereocenters. The fourth-order valence-electron chi connectivity index (χ4n) is 8.71. The molecule has 0 bridgehead atoms. The van der Waals surface area contributed by atoms with Crippen molar-refractivity contribution < 1.29 is 24.0 Å². The molecule has 1 saturated heterocycles. The number of hydrogen-bond donors (Lipinski definition) is 6. The highest BCUT2D eigenvalue weighted by atomic mass is 16.2. The number of likely N-dealkylation sites (N-methyl/N-ethyl adjacent to an activating group) is 1. The number of nitrogens with one attached hydrogen (secondary N) is 5. The molecule has 2 saturated carbocycles. The van der Waals surface area contributed by atoms with E-state index >= 15 is 0 Å². The average Bonchev–Trinajstić information content (AvgIpc) is 3.57. The molecule has 3 aliphatic carbocycles. The molecule has 1 heterocycles. The molecular weight excluding hydrogens is 671 g/mol. The van der Waals surface area contributed by atoms with Crippen LogP contribution in [-0.2, 0) is 25.6 Å². The van der Waals surface area contributed by atoms with Crippen molar-refractivity contribution in [1.29, 1.82) is 0 Å². The lowest BCUT2D eigenvalue weighted by Crippen LogP contribution is -2.58. The van der Waals surface area contributed by atoms with E-state index in [-0.39, 0.29) is 59.8 Å². The minimum Gasteiger partial charge on any atom is -0.361 e. The van der Waals surface area contributed by atoms with E-state index in [1.807, 2.05) is 12.1 Å². The zero-order valence-electron chi connectivity index (χ0n) is 32.0. The molecule has 5 atom stereocenters. The van der Waals surface area contributed by atoms with Crippen LogP contribution in [0.4, 0.5) is 4.79 Å². The Kier molecular flexibility index (Phi) is 14.4. The van der Waals surface area contributed by atoms with Crippen LogP contribution in [0.1, 0.15) is 115 Å². The van der Waals surface area contributed by atoms with Crippen LogP contribution in [0.25, 0.3) is 0 Å². The number of benzene rings is 1. The van der Waals surface area contributed by atoms with Crippen LogP contribution >= 0.6 is 0 Å². The maximum absolute atomic E-state index is 14.6. The molecule has 0 aromatic heterocycles. The SMILES string of the molecule is CN[C@@H](C)C(=O)N[C@H](C(=O)N1C[C@@H](NC(=O)[B]C2CCC(N(N)/C=C(\C)NC(C)=O)CC2)C[C@H]1C(=O)N[C@@H]1CCCc2ccccc21)C1CCCCC1. The zero-order chi connectivity index (χ0) is 38.1. The van der Waals surface area contributed by atoms with E-state index in [9.17, 15) is 24.0 Å². The van der Waals surface area contributed by atoms with E-state index in [0.29, 0.717) is 12.1 Å². The highest BCUT2D eigenvalue weighted by Gasteiger charge is 2.45. The number of hydrogen-bond acceptors (Lipinski definition) is 8. The quantitative estimate of drug-likeness (QED) is 0.102. The lowest BCUT2D eigenvalue weighted by molar-refractivity contribution is -0.143. The van der Waals surface area contributed by atoms with Gasteiger partial charge in [-0.05, 0) is 89.3 Å². The molecule has 5 rings (SSSR count). The van der Waals surface area contributed by atoms with Gasteiger partial charge in [0.05, 0.1) is 12.1 Å². The summed E-state index contributed by atoms with van der Waals surface area (Å²) in [4.78, 5) is 68.4. The van der Waals surface area contributed by atoms with Gasteiger partial charge in [-0.2, -0.15) is 0 Å². The van der Waals surface area contributed by atoms with Crippen molar-refractivity contribution in [3.05, 3.63) is 47.3 Å². The predicted octanol–water partition coefficient (Wildman–Crippen LogP) is 3.14. The molecule has 14 heteroatoms. The number of hydrazine groups is 1. The average molecular weight is 732 g/mol. The van der Waals surface area contributed by atoms with E-state index in [1.54, 1.807) is 44.3 Å². The summed E-state index contributed by atoms with van der Waals surface area (Å²) in [5.74, 6) is 5.23. The van der Waals surface area contributed by atoms with E-state index in [2.05, 4.69) is 38.7 Å². The minimum absolute atomic E-state index is 0.0236. The molecule has 1 aromatic carbocycles. The highest BCUT2D eigenvalue weighted by Crippen LogP contribution is 2.33. The van der Waals surface area contributed by atoms with Gasteiger partial charge < -0.3 is 36.5 Å². The molecule has 4 aliphatic rings. The Labute approximate surface area is 315 Å². The number of nitrogens with two attached hydrogens (primary N) is 1. The molecule has 1 aromatic rings. The van der Waals surface area contributed by atoms with Crippen LogP contribution in [0.15, 0.2) is 36.2 Å². The molecule has 13 nitrogen and oxygen atoms in total. The van der Waals surface area contributed by atoms with E-state index in [0.717, 1.165) is 82.6 Å². The third-order valence-electron chi connectivity index (χ3n) is 11.7. The van der Waals surface area contributed by atoms with Gasteiger partial charge in [-0.25, -0.2) is 5.84 Å². The van der Waals surface area contributed by atoms with Crippen LogP contribution < -0.4 is 32.4 Å². The number of nitrogens with zero attached hydrogens (tertiary/aromatic N) is 2. The number of carbonyl (C=O) groups excluding carboxylic acids is 5. The second-order valence-corrected chi connectivity index (χ2v) is 15.7. The third-order valence-corrected chi connectivity index (χ3v) is 11.7. The van der Waals surface area contributed by atoms with Crippen molar-refractivity contribution in [2.75, 3.05) is 13.6 Å². The monoisotopic (exact) mass is 731 g/mol. The van der Waals surface area contributed by atoms with Crippen molar-refractivity contribution in [3.8, 4) is 0 Å². The molecule has 5 amide bonds. The van der Waals surface area contributed by atoms with E-state index in [1.165, 1.54) is 12.5 Å². The van der Waals surface area contributed by atoms with Gasteiger partial charge in [0.25, 0.3) is 0 Å². The minimum atomic E-state index is -0.786. The molecule has 7 N–H and O–H groups in total. The first-order chi connectivity index (χ1) is 25.4. The summed E-state index contributed by atoms with van der Waals surface area (Å²) < 4.78 is 0. The van der Waals surface area contributed by atoms with Crippen molar-refractivity contribution in [2.24, 2.45) is 11.8 Å².